The quantitative estimate of drug-likeness (QED) is 0.520. The van der Waals surface area contributed by atoms with E-state index in [1.54, 1.807) is 23.1 Å². The van der Waals surface area contributed by atoms with Gasteiger partial charge >= 0.3 is 0 Å². The fraction of sp³-hybridized carbons (Fsp3) is 0.100. The molecule has 1 N–H and O–H groups in total. The summed E-state index contributed by atoms with van der Waals surface area (Å²) >= 11 is 7.55. The lowest BCUT2D eigenvalue weighted by Crippen LogP contribution is -2.16. The summed E-state index contributed by atoms with van der Waals surface area (Å²) < 4.78 is 1.70. The molecular formula is C20H16ClN5OS. The average Bonchev–Trinajstić information content (AvgIpc) is 3.31. The van der Waals surface area contributed by atoms with E-state index < -0.39 is 0 Å². The molecule has 0 unspecified atom stereocenters. The van der Waals surface area contributed by atoms with Crippen molar-refractivity contribution in [3.8, 4) is 10.7 Å². The topological polar surface area (TPSA) is 72.7 Å². The van der Waals surface area contributed by atoms with E-state index in [1.165, 1.54) is 11.3 Å². The first-order chi connectivity index (χ1) is 13.6. The fourth-order valence-corrected chi connectivity index (χ4v) is 3.87. The van der Waals surface area contributed by atoms with Crippen LogP contribution in [0.15, 0.2) is 60.9 Å². The molecule has 3 aromatic heterocycles. The van der Waals surface area contributed by atoms with Crippen LogP contribution in [0.4, 0.5) is 5.82 Å². The zero-order valence-corrected chi connectivity index (χ0v) is 16.5. The number of hydrogen-bond donors (Lipinski definition) is 1. The van der Waals surface area contributed by atoms with Crippen LogP contribution >= 0.6 is 22.9 Å². The lowest BCUT2D eigenvalue weighted by Gasteiger charge is -2.09. The van der Waals surface area contributed by atoms with E-state index in [2.05, 4.69) is 20.4 Å². The van der Waals surface area contributed by atoms with Gasteiger partial charge in [-0.05, 0) is 30.7 Å². The van der Waals surface area contributed by atoms with Gasteiger partial charge in [0.2, 0.25) is 0 Å². The summed E-state index contributed by atoms with van der Waals surface area (Å²) in [7, 11) is 0. The Balaban J connectivity index is 1.55. The van der Waals surface area contributed by atoms with Gasteiger partial charge in [-0.1, -0.05) is 35.9 Å². The number of aromatic nitrogens is 4. The van der Waals surface area contributed by atoms with Gasteiger partial charge in [-0.15, -0.1) is 11.3 Å². The minimum absolute atomic E-state index is 0.224. The summed E-state index contributed by atoms with van der Waals surface area (Å²) in [5.41, 5.74) is 2.34. The van der Waals surface area contributed by atoms with Gasteiger partial charge in [-0.25, -0.2) is 9.67 Å². The Bertz CT molecular complexity index is 1120. The van der Waals surface area contributed by atoms with Gasteiger partial charge in [-0.3, -0.25) is 9.78 Å². The zero-order valence-electron chi connectivity index (χ0n) is 15.0. The Kier molecular flexibility index (Phi) is 5.18. The van der Waals surface area contributed by atoms with E-state index in [0.717, 1.165) is 11.3 Å². The summed E-state index contributed by atoms with van der Waals surface area (Å²) in [4.78, 5) is 22.2. The van der Waals surface area contributed by atoms with Crippen molar-refractivity contribution in [2.24, 2.45) is 0 Å². The Labute approximate surface area is 170 Å². The van der Waals surface area contributed by atoms with E-state index >= 15 is 0 Å². The number of pyridine rings is 1. The highest BCUT2D eigenvalue weighted by Crippen LogP contribution is 2.27. The predicted molar refractivity (Wildman–Crippen MR) is 111 cm³/mol. The summed E-state index contributed by atoms with van der Waals surface area (Å²) in [6.07, 6.45) is 3.35. The van der Waals surface area contributed by atoms with Gasteiger partial charge in [0.15, 0.2) is 0 Å². The number of aryl methyl sites for hydroxylation is 1. The second kappa shape index (κ2) is 7.92. The number of halogens is 1. The Morgan fingerprint density at radius 1 is 1.14 bits per heavy atom. The summed E-state index contributed by atoms with van der Waals surface area (Å²) in [5, 5.41) is 8.59. The zero-order chi connectivity index (χ0) is 19.5. The molecule has 0 saturated heterocycles. The lowest BCUT2D eigenvalue weighted by molar-refractivity contribution is 0.102. The maximum atomic E-state index is 12.8. The number of carbonyl (C=O) groups is 1. The number of nitrogens with one attached hydrogen (secondary N) is 1. The standard InChI is InChI=1S/C20H16ClN5OS/c1-13-18(28-20(24-13)16-8-4-5-10-22-16)19(27)25-17-9-11-23-26(17)12-14-6-2-3-7-15(14)21/h2-11H,12H2,1H3,(H,25,27). The SMILES string of the molecule is Cc1nc(-c2ccccn2)sc1C(=O)Nc1ccnn1Cc1ccccc1Cl. The van der Waals surface area contributed by atoms with Crippen molar-refractivity contribution in [2.75, 3.05) is 5.32 Å². The molecule has 4 rings (SSSR count). The number of anilines is 1. The number of hydrogen-bond acceptors (Lipinski definition) is 5. The highest BCUT2D eigenvalue weighted by Gasteiger charge is 2.18. The maximum Gasteiger partial charge on any atom is 0.268 e. The highest BCUT2D eigenvalue weighted by atomic mass is 35.5. The van der Waals surface area contributed by atoms with Gasteiger partial charge in [0.25, 0.3) is 5.91 Å². The van der Waals surface area contributed by atoms with Crippen LogP contribution in [0.2, 0.25) is 5.02 Å². The molecule has 1 aromatic carbocycles. The number of thiazole rings is 1. The normalized spacial score (nSPS) is 10.8. The van der Waals surface area contributed by atoms with Crippen molar-refractivity contribution in [1.82, 2.24) is 19.7 Å². The molecule has 0 fully saturated rings. The van der Waals surface area contributed by atoms with Crippen LogP contribution in [0.1, 0.15) is 20.9 Å². The summed E-state index contributed by atoms with van der Waals surface area (Å²) in [6, 6.07) is 14.9. The molecule has 28 heavy (non-hydrogen) atoms. The molecule has 0 aliphatic rings. The third kappa shape index (κ3) is 3.81. The second-order valence-electron chi connectivity index (χ2n) is 6.07. The van der Waals surface area contributed by atoms with Gasteiger partial charge in [0.1, 0.15) is 15.7 Å². The van der Waals surface area contributed by atoms with E-state index in [9.17, 15) is 4.79 Å². The Hall–Kier alpha value is -3.03. The van der Waals surface area contributed by atoms with Crippen molar-refractivity contribution >= 4 is 34.7 Å². The Morgan fingerprint density at radius 2 is 1.96 bits per heavy atom. The summed E-state index contributed by atoms with van der Waals surface area (Å²) in [6.45, 7) is 2.28. The minimum atomic E-state index is -0.224. The molecule has 0 aliphatic heterocycles. The van der Waals surface area contributed by atoms with Gasteiger partial charge in [0.05, 0.1) is 24.1 Å². The highest BCUT2D eigenvalue weighted by molar-refractivity contribution is 7.17. The predicted octanol–water partition coefficient (Wildman–Crippen LogP) is 4.66. The van der Waals surface area contributed by atoms with Crippen molar-refractivity contribution < 1.29 is 4.79 Å². The van der Waals surface area contributed by atoms with E-state index in [1.807, 2.05) is 49.4 Å². The molecular weight excluding hydrogens is 394 g/mol. The van der Waals surface area contributed by atoms with Gasteiger partial charge in [-0.2, -0.15) is 5.10 Å². The van der Waals surface area contributed by atoms with Crippen LogP contribution in [-0.2, 0) is 6.54 Å². The second-order valence-corrected chi connectivity index (χ2v) is 7.47. The van der Waals surface area contributed by atoms with Crippen LogP contribution in [0.5, 0.6) is 0 Å². The molecule has 0 radical (unpaired) electrons. The third-order valence-electron chi connectivity index (χ3n) is 4.12. The van der Waals surface area contributed by atoms with Crippen LogP contribution in [0.25, 0.3) is 10.7 Å². The van der Waals surface area contributed by atoms with Crippen LogP contribution in [0.3, 0.4) is 0 Å². The third-order valence-corrected chi connectivity index (χ3v) is 5.67. The molecule has 0 saturated carbocycles. The fourth-order valence-electron chi connectivity index (χ4n) is 2.73. The monoisotopic (exact) mass is 409 g/mol. The molecule has 0 aliphatic carbocycles. The molecule has 140 valence electrons. The Morgan fingerprint density at radius 3 is 2.75 bits per heavy atom. The van der Waals surface area contributed by atoms with Gasteiger partial charge in [0, 0.05) is 17.3 Å². The van der Waals surface area contributed by atoms with Crippen molar-refractivity contribution in [1.29, 1.82) is 0 Å². The largest absolute Gasteiger partial charge is 0.306 e. The first-order valence-electron chi connectivity index (χ1n) is 8.57. The van der Waals surface area contributed by atoms with E-state index in [-0.39, 0.29) is 5.91 Å². The number of carbonyl (C=O) groups excluding carboxylic acids is 1. The number of amides is 1. The first kappa shape index (κ1) is 18.3. The maximum absolute atomic E-state index is 12.8. The molecule has 1 amide bonds. The lowest BCUT2D eigenvalue weighted by atomic mass is 10.2. The van der Waals surface area contributed by atoms with Crippen LogP contribution in [0, 0.1) is 6.92 Å². The molecule has 6 nitrogen and oxygen atoms in total. The molecule has 3 heterocycles. The molecule has 4 aromatic rings. The van der Waals surface area contributed by atoms with Crippen molar-refractivity contribution in [2.45, 2.75) is 13.5 Å². The number of benzene rings is 1. The van der Waals surface area contributed by atoms with Crippen molar-refractivity contribution in [3.63, 3.8) is 0 Å². The minimum Gasteiger partial charge on any atom is -0.306 e. The average molecular weight is 410 g/mol. The van der Waals surface area contributed by atoms with E-state index in [0.29, 0.717) is 33.0 Å². The smallest absolute Gasteiger partial charge is 0.268 e. The van der Waals surface area contributed by atoms with Gasteiger partial charge < -0.3 is 5.32 Å². The molecule has 0 bridgehead atoms. The van der Waals surface area contributed by atoms with Crippen molar-refractivity contribution in [3.05, 3.63) is 82.1 Å². The number of nitrogens with zero attached hydrogens (tertiary/aromatic N) is 4. The summed E-state index contributed by atoms with van der Waals surface area (Å²) in [5.74, 6) is 0.371. The molecule has 8 heteroatoms. The van der Waals surface area contributed by atoms with Crippen LogP contribution < -0.4 is 5.32 Å². The number of rotatable bonds is 5. The van der Waals surface area contributed by atoms with E-state index in [4.69, 9.17) is 11.6 Å². The first-order valence-corrected chi connectivity index (χ1v) is 9.76. The van der Waals surface area contributed by atoms with Crippen LogP contribution in [-0.4, -0.2) is 25.7 Å². The molecule has 0 atom stereocenters. The molecule has 0 spiro atoms.